The third-order valence-corrected chi connectivity index (χ3v) is 4.13. The van der Waals surface area contributed by atoms with Gasteiger partial charge in [-0.1, -0.05) is 5.92 Å². The summed E-state index contributed by atoms with van der Waals surface area (Å²) < 4.78 is 21.4. The minimum Gasteiger partial charge on any atom is -0.270 e. The molecule has 0 rings (SSSR count). The molecule has 0 saturated heterocycles. The molecule has 0 radical (unpaired) electrons. The lowest BCUT2D eigenvalue weighted by atomic mass is 10.1. The Bertz CT molecular complexity index is 287. The van der Waals surface area contributed by atoms with E-state index >= 15 is 0 Å². The molecule has 0 aromatic heterocycles. The Labute approximate surface area is 73.4 Å². The molecule has 3 N–H and O–H groups in total. The van der Waals surface area contributed by atoms with Gasteiger partial charge < -0.3 is 0 Å². The Morgan fingerprint density at radius 3 is 2.08 bits per heavy atom. The molecule has 0 spiro atoms. The van der Waals surface area contributed by atoms with E-state index in [-0.39, 0.29) is 0 Å². The van der Waals surface area contributed by atoms with E-state index < -0.39 is 20.6 Å². The lowest BCUT2D eigenvalue weighted by Crippen LogP contribution is -2.53. The van der Waals surface area contributed by atoms with Crippen LogP contribution in [-0.2, 0) is 9.84 Å². The summed E-state index contributed by atoms with van der Waals surface area (Å²) in [6, 6.07) is -0.674. The third-order valence-electron chi connectivity index (χ3n) is 1.98. The van der Waals surface area contributed by atoms with Gasteiger partial charge >= 0.3 is 0 Å². The van der Waals surface area contributed by atoms with Crippen LogP contribution in [0.3, 0.4) is 0 Å². The molecule has 0 aliphatic heterocycles. The molecule has 5 heteroatoms. The van der Waals surface area contributed by atoms with E-state index in [1.165, 1.54) is 13.8 Å². The van der Waals surface area contributed by atoms with Crippen molar-refractivity contribution in [1.82, 2.24) is 5.43 Å². The zero-order chi connectivity index (χ0) is 9.99. The van der Waals surface area contributed by atoms with Gasteiger partial charge in [-0.25, -0.2) is 13.8 Å². The van der Waals surface area contributed by atoms with E-state index in [2.05, 4.69) is 11.3 Å². The van der Waals surface area contributed by atoms with Crippen LogP contribution in [0.2, 0.25) is 0 Å². The smallest absolute Gasteiger partial charge is 0.155 e. The zero-order valence-corrected chi connectivity index (χ0v) is 8.27. The van der Waals surface area contributed by atoms with Crippen LogP contribution in [0.4, 0.5) is 0 Å². The lowest BCUT2D eigenvalue weighted by Gasteiger charge is -2.27. The summed E-state index contributed by atoms with van der Waals surface area (Å²) in [6.45, 7) is 3.07. The molecule has 70 valence electrons. The summed E-state index contributed by atoms with van der Waals surface area (Å²) >= 11 is 0. The van der Waals surface area contributed by atoms with Crippen LogP contribution in [0, 0.1) is 12.3 Å². The third kappa shape index (κ3) is 1.97. The van der Waals surface area contributed by atoms with E-state index in [0.717, 1.165) is 6.26 Å². The largest absolute Gasteiger partial charge is 0.270 e. The Hall–Kier alpha value is -0.570. The number of nitrogens with two attached hydrogens (primary N) is 1. The first kappa shape index (κ1) is 11.4. The fourth-order valence-electron chi connectivity index (χ4n) is 0.664. The second-order valence-corrected chi connectivity index (χ2v) is 5.74. The molecular weight excluding hydrogens is 176 g/mol. The maximum Gasteiger partial charge on any atom is 0.155 e. The van der Waals surface area contributed by atoms with Gasteiger partial charge in [-0.15, -0.1) is 6.42 Å². The van der Waals surface area contributed by atoms with Crippen molar-refractivity contribution in [1.29, 1.82) is 0 Å². The Kier molecular flexibility index (Phi) is 3.27. The second kappa shape index (κ2) is 3.44. The highest BCUT2D eigenvalue weighted by molar-refractivity contribution is 7.92. The van der Waals surface area contributed by atoms with Crippen molar-refractivity contribution in [3.05, 3.63) is 0 Å². The number of hydrogen-bond donors (Lipinski definition) is 2. The van der Waals surface area contributed by atoms with Crippen LogP contribution in [-0.4, -0.2) is 25.5 Å². The SMILES string of the molecule is C#CC(NN)C(C)(C)S(C)(=O)=O. The highest BCUT2D eigenvalue weighted by Crippen LogP contribution is 2.18. The first-order valence-corrected chi connectivity index (χ1v) is 5.28. The Morgan fingerprint density at radius 2 is 2.00 bits per heavy atom. The van der Waals surface area contributed by atoms with Gasteiger partial charge in [0, 0.05) is 6.26 Å². The number of rotatable bonds is 3. The van der Waals surface area contributed by atoms with Gasteiger partial charge in [-0.05, 0) is 13.8 Å². The molecule has 0 saturated carbocycles. The molecule has 0 aromatic rings. The van der Waals surface area contributed by atoms with Gasteiger partial charge in [0.1, 0.15) is 6.04 Å². The van der Waals surface area contributed by atoms with Crippen molar-refractivity contribution in [2.45, 2.75) is 24.6 Å². The predicted molar refractivity (Wildman–Crippen MR) is 48.9 cm³/mol. The Morgan fingerprint density at radius 1 is 1.58 bits per heavy atom. The predicted octanol–water partition coefficient (Wildman–Crippen LogP) is -0.725. The second-order valence-electron chi connectivity index (χ2n) is 3.14. The molecular formula is C7H14N2O2S. The van der Waals surface area contributed by atoms with Crippen molar-refractivity contribution in [3.63, 3.8) is 0 Å². The van der Waals surface area contributed by atoms with Crippen molar-refractivity contribution < 1.29 is 8.42 Å². The quantitative estimate of drug-likeness (QED) is 0.350. The molecule has 1 atom stereocenters. The first-order chi connectivity index (χ1) is 5.27. The molecule has 0 bridgehead atoms. The fraction of sp³-hybridized carbons (Fsp3) is 0.714. The number of nitrogens with one attached hydrogen (secondary N) is 1. The summed E-state index contributed by atoms with van der Waals surface area (Å²) in [4.78, 5) is 0. The van der Waals surface area contributed by atoms with Gasteiger partial charge in [0.2, 0.25) is 0 Å². The summed E-state index contributed by atoms with van der Waals surface area (Å²) in [5, 5.41) is 0. The minimum absolute atomic E-state index is 0.674. The van der Waals surface area contributed by atoms with Crippen LogP contribution in [0.5, 0.6) is 0 Å². The molecule has 0 fully saturated rings. The zero-order valence-electron chi connectivity index (χ0n) is 7.46. The molecule has 0 aliphatic rings. The van der Waals surface area contributed by atoms with E-state index in [4.69, 9.17) is 12.3 Å². The molecule has 0 aromatic carbocycles. The van der Waals surface area contributed by atoms with Crippen LogP contribution < -0.4 is 11.3 Å². The topological polar surface area (TPSA) is 72.2 Å². The maximum atomic E-state index is 11.2. The molecule has 1 unspecified atom stereocenters. The highest BCUT2D eigenvalue weighted by atomic mass is 32.2. The Balaban J connectivity index is 5.00. The van der Waals surface area contributed by atoms with E-state index in [1.54, 1.807) is 0 Å². The van der Waals surface area contributed by atoms with Crippen molar-refractivity contribution in [3.8, 4) is 12.3 Å². The van der Waals surface area contributed by atoms with E-state index in [0.29, 0.717) is 0 Å². The first-order valence-electron chi connectivity index (χ1n) is 3.39. The van der Waals surface area contributed by atoms with Crippen LogP contribution >= 0.6 is 0 Å². The van der Waals surface area contributed by atoms with Gasteiger partial charge in [-0.3, -0.25) is 5.84 Å². The van der Waals surface area contributed by atoms with Gasteiger partial charge in [0.05, 0.1) is 4.75 Å². The average Bonchev–Trinajstić information content (AvgIpc) is 1.87. The summed E-state index contributed by atoms with van der Waals surface area (Å²) in [5.74, 6) is 7.39. The average molecular weight is 190 g/mol. The standard InChI is InChI=1S/C7H14N2O2S/c1-5-6(9-8)7(2,3)12(4,10)11/h1,6,9H,8H2,2-4H3. The van der Waals surface area contributed by atoms with Gasteiger partial charge in [0.15, 0.2) is 9.84 Å². The monoisotopic (exact) mass is 190 g/mol. The summed E-state index contributed by atoms with van der Waals surface area (Å²) in [7, 11) is -3.21. The maximum absolute atomic E-state index is 11.2. The van der Waals surface area contributed by atoms with Crippen LogP contribution in [0.15, 0.2) is 0 Å². The minimum atomic E-state index is -3.21. The van der Waals surface area contributed by atoms with Gasteiger partial charge in [0.25, 0.3) is 0 Å². The van der Waals surface area contributed by atoms with Crippen LogP contribution in [0.25, 0.3) is 0 Å². The summed E-state index contributed by atoms with van der Waals surface area (Å²) in [5.41, 5.74) is 2.28. The van der Waals surface area contributed by atoms with E-state index in [9.17, 15) is 8.42 Å². The van der Waals surface area contributed by atoms with Crippen molar-refractivity contribution in [2.24, 2.45) is 5.84 Å². The normalized spacial score (nSPS) is 15.2. The summed E-state index contributed by atoms with van der Waals surface area (Å²) in [6.07, 6.45) is 6.24. The molecule has 0 amide bonds. The molecule has 4 nitrogen and oxygen atoms in total. The fourth-order valence-corrected chi connectivity index (χ4v) is 1.23. The number of hydrogen-bond acceptors (Lipinski definition) is 4. The lowest BCUT2D eigenvalue weighted by molar-refractivity contribution is 0.481. The van der Waals surface area contributed by atoms with Crippen molar-refractivity contribution in [2.75, 3.05) is 6.26 Å². The van der Waals surface area contributed by atoms with E-state index in [1.807, 2.05) is 0 Å². The molecule has 12 heavy (non-hydrogen) atoms. The molecule has 0 heterocycles. The highest BCUT2D eigenvalue weighted by Gasteiger charge is 2.37. The number of sulfone groups is 1. The molecule has 0 aliphatic carbocycles. The van der Waals surface area contributed by atoms with Crippen LogP contribution in [0.1, 0.15) is 13.8 Å². The van der Waals surface area contributed by atoms with Crippen molar-refractivity contribution >= 4 is 9.84 Å². The number of hydrazine groups is 1. The van der Waals surface area contributed by atoms with Gasteiger partial charge in [-0.2, -0.15) is 0 Å². The number of terminal acetylenes is 1.